The summed E-state index contributed by atoms with van der Waals surface area (Å²) in [7, 11) is 0. The first kappa shape index (κ1) is 14.7. The number of rotatable bonds is 4. The van der Waals surface area contributed by atoms with Crippen molar-refractivity contribution in [2.24, 2.45) is 0 Å². The molecule has 2 unspecified atom stereocenters. The largest absolute Gasteiger partial charge is 0.478 e. The maximum absolute atomic E-state index is 11.3. The molecule has 6 heteroatoms. The fourth-order valence-electron chi connectivity index (χ4n) is 3.29. The topological polar surface area (TPSA) is 73.6 Å². The number of carbonyl (C=O) groups is 1. The van der Waals surface area contributed by atoms with Crippen LogP contribution in [0.5, 0.6) is 0 Å². The molecule has 6 nitrogen and oxygen atoms in total. The zero-order valence-corrected chi connectivity index (χ0v) is 12.9. The number of hydrogen-bond donors (Lipinski definition) is 1. The molecule has 1 aromatic carbocycles. The van der Waals surface area contributed by atoms with Gasteiger partial charge in [0.25, 0.3) is 0 Å². The summed E-state index contributed by atoms with van der Waals surface area (Å²) >= 11 is 0. The van der Waals surface area contributed by atoms with Gasteiger partial charge in [0.2, 0.25) is 0 Å². The van der Waals surface area contributed by atoms with Crippen LogP contribution in [0.1, 0.15) is 48.0 Å². The van der Waals surface area contributed by atoms with E-state index in [9.17, 15) is 9.90 Å². The van der Waals surface area contributed by atoms with Crippen molar-refractivity contribution in [1.29, 1.82) is 0 Å². The Labute approximate surface area is 134 Å². The summed E-state index contributed by atoms with van der Waals surface area (Å²) in [5, 5.41) is 14.9. The molecule has 0 radical (unpaired) electrons. The maximum Gasteiger partial charge on any atom is 0.335 e. The monoisotopic (exact) mass is 316 g/mol. The molecule has 3 heterocycles. The number of carboxylic acids is 1. The van der Waals surface area contributed by atoms with Gasteiger partial charge in [0.05, 0.1) is 22.9 Å². The van der Waals surface area contributed by atoms with E-state index >= 15 is 0 Å². The fourth-order valence-corrected chi connectivity index (χ4v) is 3.29. The second kappa shape index (κ2) is 5.94. The zero-order valence-electron chi connectivity index (χ0n) is 12.9. The zero-order chi connectivity index (χ0) is 15.8. The van der Waals surface area contributed by atoms with Crippen LogP contribution in [0.15, 0.2) is 18.2 Å². The van der Waals surface area contributed by atoms with Crippen molar-refractivity contribution in [2.75, 3.05) is 13.2 Å². The molecule has 0 amide bonds. The van der Waals surface area contributed by atoms with Crippen molar-refractivity contribution in [3.8, 4) is 0 Å². The molecule has 23 heavy (non-hydrogen) atoms. The molecule has 4 rings (SSSR count). The molecular formula is C17H20N2O4. The number of carboxylic acid groups (broad SMARTS) is 1. The first-order valence-electron chi connectivity index (χ1n) is 8.20. The Hall–Kier alpha value is -1.92. The lowest BCUT2D eigenvalue weighted by molar-refractivity contribution is -0.0509. The molecular weight excluding hydrogens is 296 g/mol. The van der Waals surface area contributed by atoms with Crippen molar-refractivity contribution in [3.63, 3.8) is 0 Å². The number of aromatic carboxylic acids is 1. The third kappa shape index (κ3) is 2.72. The second-order valence-corrected chi connectivity index (χ2v) is 6.24. The van der Waals surface area contributed by atoms with Gasteiger partial charge in [-0.3, -0.25) is 0 Å². The number of nitrogens with zero attached hydrogens (tertiary/aromatic N) is 2. The van der Waals surface area contributed by atoms with E-state index in [0.29, 0.717) is 0 Å². The molecule has 2 atom stereocenters. The molecule has 2 aromatic rings. The summed E-state index contributed by atoms with van der Waals surface area (Å²) in [6.07, 6.45) is 5.05. The van der Waals surface area contributed by atoms with Gasteiger partial charge in [0, 0.05) is 25.0 Å². The normalized spacial score (nSPS) is 24.5. The number of benzene rings is 1. The van der Waals surface area contributed by atoms with Gasteiger partial charge >= 0.3 is 5.97 Å². The van der Waals surface area contributed by atoms with Gasteiger partial charge in [0.15, 0.2) is 6.23 Å². The Kier molecular flexibility index (Phi) is 3.79. The highest BCUT2D eigenvalue weighted by atomic mass is 16.5. The van der Waals surface area contributed by atoms with Crippen LogP contribution in [-0.2, 0) is 15.9 Å². The van der Waals surface area contributed by atoms with E-state index in [4.69, 9.17) is 14.6 Å². The first-order valence-corrected chi connectivity index (χ1v) is 8.20. The van der Waals surface area contributed by atoms with Gasteiger partial charge in [-0.15, -0.1) is 0 Å². The minimum absolute atomic E-state index is 0.0574. The van der Waals surface area contributed by atoms with Crippen LogP contribution in [0.25, 0.3) is 10.9 Å². The van der Waals surface area contributed by atoms with Gasteiger partial charge in [-0.25, -0.2) is 9.48 Å². The maximum atomic E-state index is 11.3. The van der Waals surface area contributed by atoms with Gasteiger partial charge < -0.3 is 14.6 Å². The predicted octanol–water partition coefficient (Wildman–Crippen LogP) is 2.77. The molecule has 0 spiro atoms. The number of fused-ring (bicyclic) bond motifs is 1. The molecule has 2 fully saturated rings. The van der Waals surface area contributed by atoms with Crippen molar-refractivity contribution in [1.82, 2.24) is 9.78 Å². The molecule has 0 saturated carbocycles. The summed E-state index contributed by atoms with van der Waals surface area (Å²) in [5.41, 5.74) is 2.13. The summed E-state index contributed by atoms with van der Waals surface area (Å²) in [5.74, 6) is -0.917. The van der Waals surface area contributed by atoms with Crippen LogP contribution in [0.3, 0.4) is 0 Å². The highest BCUT2D eigenvalue weighted by Crippen LogP contribution is 2.30. The Morgan fingerprint density at radius 1 is 1.26 bits per heavy atom. The van der Waals surface area contributed by atoms with E-state index in [0.717, 1.165) is 61.9 Å². The van der Waals surface area contributed by atoms with Crippen molar-refractivity contribution in [3.05, 3.63) is 29.5 Å². The minimum atomic E-state index is -0.917. The molecule has 1 aromatic heterocycles. The lowest BCUT2D eigenvalue weighted by atomic mass is 10.0. The molecule has 2 aliphatic rings. The summed E-state index contributed by atoms with van der Waals surface area (Å²) in [6, 6.07) is 5.20. The van der Waals surface area contributed by atoms with E-state index in [1.165, 1.54) is 0 Å². The van der Waals surface area contributed by atoms with Crippen molar-refractivity contribution >= 4 is 16.9 Å². The van der Waals surface area contributed by atoms with E-state index in [1.54, 1.807) is 12.1 Å². The lowest BCUT2D eigenvalue weighted by Gasteiger charge is -2.25. The van der Waals surface area contributed by atoms with Gasteiger partial charge in [-0.1, -0.05) is 0 Å². The van der Waals surface area contributed by atoms with Crippen LogP contribution in [0.2, 0.25) is 0 Å². The van der Waals surface area contributed by atoms with Crippen LogP contribution in [0, 0.1) is 0 Å². The third-order valence-corrected chi connectivity index (χ3v) is 4.67. The lowest BCUT2D eigenvalue weighted by Crippen LogP contribution is -2.29. The third-order valence-electron chi connectivity index (χ3n) is 4.67. The summed E-state index contributed by atoms with van der Waals surface area (Å²) in [4.78, 5) is 11.3. The number of ether oxygens (including phenoxy) is 2. The molecule has 122 valence electrons. The Morgan fingerprint density at radius 3 is 2.78 bits per heavy atom. The Morgan fingerprint density at radius 2 is 2.13 bits per heavy atom. The highest BCUT2D eigenvalue weighted by molar-refractivity contribution is 5.94. The van der Waals surface area contributed by atoms with E-state index < -0.39 is 5.97 Å². The smallest absolute Gasteiger partial charge is 0.335 e. The summed E-state index contributed by atoms with van der Waals surface area (Å²) < 4.78 is 13.3. The van der Waals surface area contributed by atoms with Crippen LogP contribution in [-0.4, -0.2) is 40.2 Å². The molecule has 0 aliphatic carbocycles. The van der Waals surface area contributed by atoms with E-state index in [1.807, 2.05) is 10.7 Å². The van der Waals surface area contributed by atoms with Gasteiger partial charge in [-0.05, 0) is 43.9 Å². The SMILES string of the molecule is O=C(O)c1ccc2c(c1)c(CC1CCO1)nn2C1CCCCO1. The van der Waals surface area contributed by atoms with E-state index in [2.05, 4.69) is 0 Å². The Bertz CT molecular complexity index is 730. The highest BCUT2D eigenvalue weighted by Gasteiger charge is 2.25. The number of aromatic nitrogens is 2. The average molecular weight is 316 g/mol. The fraction of sp³-hybridized carbons (Fsp3) is 0.529. The van der Waals surface area contributed by atoms with Crippen molar-refractivity contribution < 1.29 is 19.4 Å². The van der Waals surface area contributed by atoms with Crippen LogP contribution < -0.4 is 0 Å². The molecule has 1 N–H and O–H groups in total. The molecule has 2 saturated heterocycles. The van der Waals surface area contributed by atoms with Crippen LogP contribution >= 0.6 is 0 Å². The minimum Gasteiger partial charge on any atom is -0.478 e. The first-order chi connectivity index (χ1) is 11.2. The molecule has 2 aliphatic heterocycles. The Balaban J connectivity index is 1.77. The predicted molar refractivity (Wildman–Crippen MR) is 83.6 cm³/mol. The summed E-state index contributed by atoms with van der Waals surface area (Å²) in [6.45, 7) is 1.55. The van der Waals surface area contributed by atoms with Gasteiger partial charge in [-0.2, -0.15) is 5.10 Å². The average Bonchev–Trinajstić information content (AvgIpc) is 2.89. The van der Waals surface area contributed by atoms with Crippen LogP contribution in [0.4, 0.5) is 0 Å². The van der Waals surface area contributed by atoms with E-state index in [-0.39, 0.29) is 17.9 Å². The molecule has 0 bridgehead atoms. The van der Waals surface area contributed by atoms with Gasteiger partial charge in [0.1, 0.15) is 0 Å². The second-order valence-electron chi connectivity index (χ2n) is 6.24. The standard InChI is InChI=1S/C17H20N2O4/c20-17(21)11-4-5-15-13(9-11)14(10-12-6-8-22-12)18-19(15)16-3-1-2-7-23-16/h4-5,9,12,16H,1-3,6-8,10H2,(H,20,21). The number of hydrogen-bond acceptors (Lipinski definition) is 4. The quantitative estimate of drug-likeness (QED) is 0.939. The van der Waals surface area contributed by atoms with Crippen molar-refractivity contribution in [2.45, 2.75) is 44.4 Å².